The predicted molar refractivity (Wildman–Crippen MR) is 88.8 cm³/mol. The van der Waals surface area contributed by atoms with Crippen molar-refractivity contribution in [3.05, 3.63) is 34.9 Å². The Morgan fingerprint density at radius 2 is 1.76 bits per heavy atom. The number of nitrogens with zero attached hydrogens (tertiary/aromatic N) is 1. The number of carbonyl (C=O) groups is 1. The second-order valence-corrected chi connectivity index (χ2v) is 7.49. The number of benzene rings is 1. The summed E-state index contributed by atoms with van der Waals surface area (Å²) in [6.45, 7) is 8.75. The maximum Gasteiger partial charge on any atom is 0.253 e. The molecule has 0 N–H and O–H groups in total. The normalized spacial score (nSPS) is 16.8. The summed E-state index contributed by atoms with van der Waals surface area (Å²) >= 11 is 0. The minimum atomic E-state index is 0.126. The first-order chi connectivity index (χ1) is 9.80. The molecule has 1 aliphatic rings. The maximum absolute atomic E-state index is 12.7. The predicted octanol–water partition coefficient (Wildman–Crippen LogP) is 4.70. The molecule has 2 nitrogen and oxygen atoms in total. The molecule has 0 radical (unpaired) electrons. The summed E-state index contributed by atoms with van der Waals surface area (Å²) in [5, 5.41) is 0. The Kier molecular flexibility index (Phi) is 4.75. The van der Waals surface area contributed by atoms with Crippen molar-refractivity contribution < 1.29 is 4.79 Å². The van der Waals surface area contributed by atoms with Crippen LogP contribution in [-0.4, -0.2) is 23.9 Å². The van der Waals surface area contributed by atoms with Crippen molar-refractivity contribution in [2.45, 2.75) is 71.3 Å². The lowest BCUT2D eigenvalue weighted by atomic mass is 9.83. The van der Waals surface area contributed by atoms with Gasteiger partial charge in [0.05, 0.1) is 0 Å². The van der Waals surface area contributed by atoms with E-state index in [0.29, 0.717) is 6.04 Å². The molecule has 0 saturated heterocycles. The molecule has 1 fully saturated rings. The number of hydrogen-bond donors (Lipinski definition) is 0. The fraction of sp³-hybridized carbons (Fsp3) is 0.632. The Bertz CT molecular complexity index is 507. The molecular weight excluding hydrogens is 258 g/mol. The Morgan fingerprint density at radius 1 is 1.14 bits per heavy atom. The molecule has 0 unspecified atom stereocenters. The van der Waals surface area contributed by atoms with E-state index in [9.17, 15) is 4.79 Å². The molecule has 0 aromatic heterocycles. The highest BCUT2D eigenvalue weighted by Crippen LogP contribution is 2.27. The minimum absolute atomic E-state index is 0.126. The second-order valence-electron chi connectivity index (χ2n) is 7.49. The summed E-state index contributed by atoms with van der Waals surface area (Å²) in [4.78, 5) is 14.6. The Labute approximate surface area is 129 Å². The summed E-state index contributed by atoms with van der Waals surface area (Å²) in [5.74, 6) is 0.172. The van der Waals surface area contributed by atoms with E-state index < -0.39 is 0 Å². The van der Waals surface area contributed by atoms with E-state index in [1.54, 1.807) is 0 Å². The van der Waals surface area contributed by atoms with E-state index in [0.717, 1.165) is 18.4 Å². The minimum Gasteiger partial charge on any atom is -0.339 e. The molecule has 21 heavy (non-hydrogen) atoms. The van der Waals surface area contributed by atoms with Crippen molar-refractivity contribution in [2.75, 3.05) is 7.05 Å². The van der Waals surface area contributed by atoms with Gasteiger partial charge in [-0.25, -0.2) is 0 Å². The molecule has 1 aromatic rings. The summed E-state index contributed by atoms with van der Waals surface area (Å²) in [6, 6.07) is 6.60. The van der Waals surface area contributed by atoms with E-state index in [1.165, 1.54) is 30.4 Å². The van der Waals surface area contributed by atoms with Gasteiger partial charge in [0.2, 0.25) is 0 Å². The lowest BCUT2D eigenvalue weighted by Crippen LogP contribution is -2.38. The van der Waals surface area contributed by atoms with Gasteiger partial charge in [-0.15, -0.1) is 0 Å². The van der Waals surface area contributed by atoms with Gasteiger partial charge in [0.1, 0.15) is 0 Å². The van der Waals surface area contributed by atoms with Gasteiger partial charge in [-0.2, -0.15) is 0 Å². The third kappa shape index (κ3) is 3.66. The largest absolute Gasteiger partial charge is 0.339 e. The Balaban J connectivity index is 2.17. The third-order valence-electron chi connectivity index (χ3n) is 4.72. The van der Waals surface area contributed by atoms with Gasteiger partial charge in [-0.05, 0) is 48.4 Å². The van der Waals surface area contributed by atoms with Crippen LogP contribution in [-0.2, 0) is 5.41 Å². The zero-order chi connectivity index (χ0) is 15.6. The average molecular weight is 287 g/mol. The van der Waals surface area contributed by atoms with E-state index in [1.807, 2.05) is 18.0 Å². The van der Waals surface area contributed by atoms with Crippen molar-refractivity contribution in [3.63, 3.8) is 0 Å². The molecule has 0 spiro atoms. The van der Waals surface area contributed by atoms with Crippen LogP contribution < -0.4 is 0 Å². The van der Waals surface area contributed by atoms with Crippen LogP contribution in [0.5, 0.6) is 0 Å². The fourth-order valence-electron chi connectivity index (χ4n) is 3.48. The molecule has 1 amide bonds. The van der Waals surface area contributed by atoms with Gasteiger partial charge in [-0.3, -0.25) is 4.79 Å². The van der Waals surface area contributed by atoms with Crippen molar-refractivity contribution in [1.29, 1.82) is 0 Å². The summed E-state index contributed by atoms with van der Waals surface area (Å²) < 4.78 is 0. The van der Waals surface area contributed by atoms with E-state index >= 15 is 0 Å². The summed E-state index contributed by atoms with van der Waals surface area (Å²) in [7, 11) is 1.96. The van der Waals surface area contributed by atoms with Crippen LogP contribution >= 0.6 is 0 Å². The first kappa shape index (κ1) is 16.1. The molecule has 2 rings (SSSR count). The first-order valence-corrected chi connectivity index (χ1v) is 8.19. The van der Waals surface area contributed by atoms with Crippen LogP contribution in [0.4, 0.5) is 0 Å². The zero-order valence-corrected chi connectivity index (χ0v) is 14.2. The molecule has 116 valence electrons. The van der Waals surface area contributed by atoms with Gasteiger partial charge in [0.25, 0.3) is 5.91 Å². The van der Waals surface area contributed by atoms with Crippen LogP contribution in [0.15, 0.2) is 18.2 Å². The molecule has 0 bridgehead atoms. The van der Waals surface area contributed by atoms with Crippen molar-refractivity contribution >= 4 is 5.91 Å². The lowest BCUT2D eigenvalue weighted by molar-refractivity contribution is 0.0696. The standard InChI is InChI=1S/C19H29NO/c1-14-13-15(11-12-17(14)19(2,3)4)18(21)20(5)16-9-7-6-8-10-16/h11-13,16H,6-10H2,1-5H3. The second kappa shape index (κ2) is 6.21. The number of aryl methyl sites for hydroxylation is 1. The van der Waals surface area contributed by atoms with Gasteiger partial charge in [-0.1, -0.05) is 46.1 Å². The quantitative estimate of drug-likeness (QED) is 0.772. The van der Waals surface area contributed by atoms with Crippen LogP contribution in [0.2, 0.25) is 0 Å². The maximum atomic E-state index is 12.7. The van der Waals surface area contributed by atoms with Crippen molar-refractivity contribution in [1.82, 2.24) is 4.90 Å². The molecular formula is C19H29NO. The lowest BCUT2D eigenvalue weighted by Gasteiger charge is -2.31. The van der Waals surface area contributed by atoms with Crippen LogP contribution in [0.25, 0.3) is 0 Å². The number of hydrogen-bond acceptors (Lipinski definition) is 1. The van der Waals surface area contributed by atoms with Crippen molar-refractivity contribution in [3.8, 4) is 0 Å². The average Bonchev–Trinajstić information content (AvgIpc) is 2.45. The number of carbonyl (C=O) groups excluding carboxylic acids is 1. The van der Waals surface area contributed by atoms with E-state index in [4.69, 9.17) is 0 Å². The summed E-state index contributed by atoms with van der Waals surface area (Å²) in [5.41, 5.74) is 3.49. The van der Waals surface area contributed by atoms with Gasteiger partial charge in [0.15, 0.2) is 0 Å². The molecule has 1 aliphatic carbocycles. The first-order valence-electron chi connectivity index (χ1n) is 8.19. The van der Waals surface area contributed by atoms with E-state index in [-0.39, 0.29) is 11.3 Å². The Hall–Kier alpha value is -1.31. The monoisotopic (exact) mass is 287 g/mol. The topological polar surface area (TPSA) is 20.3 Å². The number of rotatable bonds is 2. The zero-order valence-electron chi connectivity index (χ0n) is 14.2. The fourth-order valence-corrected chi connectivity index (χ4v) is 3.48. The molecule has 1 aromatic carbocycles. The molecule has 2 heteroatoms. The Morgan fingerprint density at radius 3 is 2.29 bits per heavy atom. The smallest absolute Gasteiger partial charge is 0.253 e. The molecule has 0 heterocycles. The van der Waals surface area contributed by atoms with Gasteiger partial charge < -0.3 is 4.90 Å². The van der Waals surface area contributed by atoms with Crippen LogP contribution in [0.3, 0.4) is 0 Å². The van der Waals surface area contributed by atoms with Crippen LogP contribution in [0, 0.1) is 6.92 Å². The highest BCUT2D eigenvalue weighted by molar-refractivity contribution is 5.94. The van der Waals surface area contributed by atoms with Crippen molar-refractivity contribution in [2.24, 2.45) is 0 Å². The highest BCUT2D eigenvalue weighted by atomic mass is 16.2. The highest BCUT2D eigenvalue weighted by Gasteiger charge is 2.24. The van der Waals surface area contributed by atoms with Gasteiger partial charge in [0, 0.05) is 18.7 Å². The van der Waals surface area contributed by atoms with E-state index in [2.05, 4.69) is 39.8 Å². The molecule has 0 atom stereocenters. The summed E-state index contributed by atoms with van der Waals surface area (Å²) in [6.07, 6.45) is 6.13. The SMILES string of the molecule is Cc1cc(C(=O)N(C)C2CCCCC2)ccc1C(C)(C)C. The molecule has 1 saturated carbocycles. The molecule has 0 aliphatic heterocycles. The van der Waals surface area contributed by atoms with Gasteiger partial charge >= 0.3 is 0 Å². The van der Waals surface area contributed by atoms with Crippen LogP contribution in [0.1, 0.15) is 74.4 Å². The number of amides is 1. The third-order valence-corrected chi connectivity index (χ3v) is 4.72.